The number of anilines is 1. The van der Waals surface area contributed by atoms with Gasteiger partial charge in [0.05, 0.1) is 5.57 Å². The van der Waals surface area contributed by atoms with Gasteiger partial charge in [0.25, 0.3) is 0 Å². The summed E-state index contributed by atoms with van der Waals surface area (Å²) in [5, 5.41) is 1.29. The molecule has 0 saturated heterocycles. The molecule has 2 aliphatic carbocycles. The number of benzene rings is 2. The van der Waals surface area contributed by atoms with E-state index < -0.39 is 0 Å². The zero-order valence-corrected chi connectivity index (χ0v) is 18.2. The summed E-state index contributed by atoms with van der Waals surface area (Å²) in [6.07, 6.45) is 9.06. The molecule has 0 aromatic heterocycles. The van der Waals surface area contributed by atoms with Crippen LogP contribution in [0.2, 0.25) is 10.0 Å². The molecule has 1 saturated carbocycles. The molecule has 0 N–H and O–H groups in total. The van der Waals surface area contributed by atoms with Crippen molar-refractivity contribution in [3.63, 3.8) is 0 Å². The number of allylic oxidation sites excluding steroid dienone is 4. The van der Waals surface area contributed by atoms with E-state index in [1.165, 1.54) is 6.42 Å². The number of ketones is 2. The van der Waals surface area contributed by atoms with Crippen LogP contribution in [0.25, 0.3) is 0 Å². The molecule has 30 heavy (non-hydrogen) atoms. The maximum absolute atomic E-state index is 12.8. The average Bonchev–Trinajstić information content (AvgIpc) is 3.10. The van der Waals surface area contributed by atoms with Crippen molar-refractivity contribution < 1.29 is 9.59 Å². The van der Waals surface area contributed by atoms with E-state index in [-0.39, 0.29) is 22.6 Å². The largest absolute Gasteiger partial charge is 0.347 e. The fourth-order valence-electron chi connectivity index (χ4n) is 5.40. The summed E-state index contributed by atoms with van der Waals surface area (Å²) in [6, 6.07) is 10.8. The van der Waals surface area contributed by atoms with E-state index in [4.69, 9.17) is 23.2 Å². The lowest BCUT2D eigenvalue weighted by Crippen LogP contribution is -2.32. The molecule has 2 aromatic carbocycles. The van der Waals surface area contributed by atoms with E-state index in [0.29, 0.717) is 21.2 Å². The minimum absolute atomic E-state index is 0.204. The SMILES string of the molecule is CN1/C(=C/C=C2C(=O)c3ccccc3C2=O)C2(CCCCC2)c2c(Cl)cc(Cl)cc21. The molecule has 5 heteroatoms. The molecule has 5 rings (SSSR count). The summed E-state index contributed by atoms with van der Waals surface area (Å²) in [5.74, 6) is -0.409. The normalized spacial score (nSPS) is 20.8. The maximum atomic E-state index is 12.8. The Morgan fingerprint density at radius 1 is 0.933 bits per heavy atom. The topological polar surface area (TPSA) is 37.4 Å². The third-order valence-corrected chi connectivity index (χ3v) is 7.26. The Morgan fingerprint density at radius 3 is 2.20 bits per heavy atom. The van der Waals surface area contributed by atoms with E-state index in [0.717, 1.165) is 42.6 Å². The van der Waals surface area contributed by atoms with Crippen molar-refractivity contribution in [2.45, 2.75) is 37.5 Å². The molecule has 1 aliphatic heterocycles. The van der Waals surface area contributed by atoms with Gasteiger partial charge in [0.1, 0.15) is 0 Å². The highest BCUT2D eigenvalue weighted by Gasteiger charge is 2.48. The Morgan fingerprint density at radius 2 is 1.57 bits per heavy atom. The van der Waals surface area contributed by atoms with Crippen LogP contribution in [0.4, 0.5) is 5.69 Å². The van der Waals surface area contributed by atoms with Crippen molar-refractivity contribution in [2.24, 2.45) is 0 Å². The van der Waals surface area contributed by atoms with Gasteiger partial charge in [-0.25, -0.2) is 0 Å². The molecule has 0 amide bonds. The van der Waals surface area contributed by atoms with Crippen LogP contribution in [0.15, 0.2) is 59.8 Å². The van der Waals surface area contributed by atoms with Crippen LogP contribution >= 0.6 is 23.2 Å². The number of halogens is 2. The first-order valence-electron chi connectivity index (χ1n) is 10.3. The third kappa shape index (κ3) is 2.72. The van der Waals surface area contributed by atoms with E-state index in [2.05, 4.69) is 4.90 Å². The minimum atomic E-state index is -0.210. The number of carbonyl (C=O) groups is 2. The van der Waals surface area contributed by atoms with Gasteiger partial charge < -0.3 is 4.90 Å². The Balaban J connectivity index is 1.64. The molecule has 3 aliphatic rings. The van der Waals surface area contributed by atoms with Crippen LogP contribution in [-0.4, -0.2) is 18.6 Å². The van der Waals surface area contributed by atoms with Gasteiger partial charge in [0.15, 0.2) is 11.6 Å². The second-order valence-electron chi connectivity index (χ2n) is 8.32. The summed E-state index contributed by atoms with van der Waals surface area (Å²) in [5.41, 5.74) is 4.18. The molecule has 0 bridgehead atoms. The molecule has 0 radical (unpaired) electrons. The lowest BCUT2D eigenvalue weighted by Gasteiger charge is -2.36. The minimum Gasteiger partial charge on any atom is -0.347 e. The summed E-state index contributed by atoms with van der Waals surface area (Å²) in [4.78, 5) is 27.7. The van der Waals surface area contributed by atoms with Crippen molar-refractivity contribution in [3.8, 4) is 0 Å². The quantitative estimate of drug-likeness (QED) is 0.375. The number of rotatable bonds is 1. The third-order valence-electron chi connectivity index (χ3n) is 6.75. The summed E-state index contributed by atoms with van der Waals surface area (Å²) < 4.78 is 0. The highest BCUT2D eigenvalue weighted by Crippen LogP contribution is 2.57. The van der Waals surface area contributed by atoms with Gasteiger partial charge in [-0.05, 0) is 37.1 Å². The first-order chi connectivity index (χ1) is 14.4. The van der Waals surface area contributed by atoms with Crippen molar-refractivity contribution in [2.75, 3.05) is 11.9 Å². The highest BCUT2D eigenvalue weighted by molar-refractivity contribution is 6.39. The fraction of sp³-hybridized carbons (Fsp3) is 0.280. The van der Waals surface area contributed by atoms with Crippen molar-refractivity contribution in [1.29, 1.82) is 0 Å². The zero-order valence-electron chi connectivity index (χ0n) is 16.7. The number of nitrogens with zero attached hydrogens (tertiary/aromatic N) is 1. The Kier molecular flexibility index (Phi) is 4.64. The van der Waals surface area contributed by atoms with E-state index in [1.807, 2.05) is 25.3 Å². The molecule has 2 aromatic rings. The number of likely N-dealkylation sites (N-methyl/N-ethyl adjacent to an activating group) is 1. The summed E-state index contributed by atoms with van der Waals surface area (Å²) in [6.45, 7) is 0. The lowest BCUT2D eigenvalue weighted by atomic mass is 9.68. The Bertz CT molecular complexity index is 1120. The van der Waals surface area contributed by atoms with Crippen molar-refractivity contribution >= 4 is 40.5 Å². The number of hydrogen-bond donors (Lipinski definition) is 0. The summed E-state index contributed by atoms with van der Waals surface area (Å²) in [7, 11) is 2.01. The molecule has 0 unspecified atom stereocenters. The lowest BCUT2D eigenvalue weighted by molar-refractivity contribution is 0.0988. The van der Waals surface area contributed by atoms with Crippen LogP contribution in [0.5, 0.6) is 0 Å². The van der Waals surface area contributed by atoms with E-state index in [9.17, 15) is 9.59 Å². The van der Waals surface area contributed by atoms with Crippen LogP contribution < -0.4 is 4.90 Å². The fourth-order valence-corrected chi connectivity index (χ4v) is 6.06. The molecule has 3 nitrogen and oxygen atoms in total. The van der Waals surface area contributed by atoms with Crippen molar-refractivity contribution in [3.05, 3.63) is 86.6 Å². The first-order valence-corrected chi connectivity index (χ1v) is 11.0. The van der Waals surface area contributed by atoms with Gasteiger partial charge >= 0.3 is 0 Å². The van der Waals surface area contributed by atoms with Gasteiger partial charge in [-0.15, -0.1) is 0 Å². The van der Waals surface area contributed by atoms with Gasteiger partial charge in [-0.1, -0.05) is 66.7 Å². The van der Waals surface area contributed by atoms with Gasteiger partial charge in [-0.2, -0.15) is 0 Å². The molecular formula is C25H21Cl2NO2. The average molecular weight is 438 g/mol. The molecule has 0 atom stereocenters. The van der Waals surface area contributed by atoms with Crippen LogP contribution in [0.3, 0.4) is 0 Å². The van der Waals surface area contributed by atoms with Crippen molar-refractivity contribution in [1.82, 2.24) is 0 Å². The molecule has 1 fully saturated rings. The van der Waals surface area contributed by atoms with Gasteiger partial charge in [-0.3, -0.25) is 9.59 Å². The van der Waals surface area contributed by atoms with Gasteiger partial charge in [0, 0.05) is 50.6 Å². The zero-order chi connectivity index (χ0) is 21.0. The Hall–Kier alpha value is -2.36. The maximum Gasteiger partial charge on any atom is 0.197 e. The number of Topliss-reactive ketones (excluding diaryl/α,β-unsaturated/α-hetero) is 2. The van der Waals surface area contributed by atoms with E-state index >= 15 is 0 Å². The highest BCUT2D eigenvalue weighted by atomic mass is 35.5. The first kappa shape index (κ1) is 19.6. The molecule has 1 spiro atoms. The second kappa shape index (κ2) is 7.11. The number of hydrogen-bond acceptors (Lipinski definition) is 3. The Labute approximate surface area is 186 Å². The molecule has 152 valence electrons. The predicted molar refractivity (Wildman–Crippen MR) is 121 cm³/mol. The van der Waals surface area contributed by atoms with E-state index in [1.54, 1.807) is 30.3 Å². The monoisotopic (exact) mass is 437 g/mol. The second-order valence-corrected chi connectivity index (χ2v) is 9.16. The molecular weight excluding hydrogens is 417 g/mol. The summed E-state index contributed by atoms with van der Waals surface area (Å²) >= 11 is 13.0. The van der Waals surface area contributed by atoms with Crippen LogP contribution in [0, 0.1) is 0 Å². The number of fused-ring (bicyclic) bond motifs is 3. The standard InChI is InChI=1S/C25H21Cl2NO2/c1-28-20-14-15(26)13-19(27)22(20)25(11-5-2-6-12-25)21(28)10-9-18-23(29)16-7-3-4-8-17(16)24(18)30/h3-4,7-10,13-14H,2,5-6,11-12H2,1H3/b21-10+. The van der Waals surface area contributed by atoms with Crippen LogP contribution in [0.1, 0.15) is 58.4 Å². The predicted octanol–water partition coefficient (Wildman–Crippen LogP) is 6.53. The van der Waals surface area contributed by atoms with Gasteiger partial charge in [0.2, 0.25) is 0 Å². The van der Waals surface area contributed by atoms with Crippen LogP contribution in [-0.2, 0) is 5.41 Å². The number of carbonyl (C=O) groups excluding carboxylic acids is 2. The molecule has 1 heterocycles. The smallest absolute Gasteiger partial charge is 0.197 e.